The topological polar surface area (TPSA) is 67.9 Å². The second kappa shape index (κ2) is 9.79. The SMILES string of the molecule is CCOc1cccc(NC2=C(c3ccc(OC)cc3)C(=O)N(Cc3ccccc3Cl)C2=O)c1. The number of carbonyl (C=O) groups excluding carboxylic acids is 2. The van der Waals surface area contributed by atoms with Crippen molar-refractivity contribution in [1.82, 2.24) is 4.90 Å². The summed E-state index contributed by atoms with van der Waals surface area (Å²) in [7, 11) is 1.57. The summed E-state index contributed by atoms with van der Waals surface area (Å²) >= 11 is 6.29. The molecule has 0 unspecified atom stereocenters. The molecule has 1 heterocycles. The largest absolute Gasteiger partial charge is 0.497 e. The minimum absolute atomic E-state index is 0.0706. The Morgan fingerprint density at radius 2 is 1.67 bits per heavy atom. The van der Waals surface area contributed by atoms with Gasteiger partial charge in [-0.2, -0.15) is 0 Å². The van der Waals surface area contributed by atoms with Crippen LogP contribution in [0.15, 0.2) is 78.5 Å². The summed E-state index contributed by atoms with van der Waals surface area (Å²) in [6.07, 6.45) is 0. The van der Waals surface area contributed by atoms with Gasteiger partial charge in [-0.05, 0) is 48.4 Å². The number of amides is 2. The van der Waals surface area contributed by atoms with Crippen LogP contribution in [0, 0.1) is 0 Å². The molecule has 7 heteroatoms. The van der Waals surface area contributed by atoms with Crippen molar-refractivity contribution in [2.24, 2.45) is 0 Å². The van der Waals surface area contributed by atoms with E-state index in [0.29, 0.717) is 39.9 Å². The summed E-state index contributed by atoms with van der Waals surface area (Å²) in [5.41, 5.74) is 2.43. The van der Waals surface area contributed by atoms with Gasteiger partial charge in [0.25, 0.3) is 11.8 Å². The summed E-state index contributed by atoms with van der Waals surface area (Å²) in [6.45, 7) is 2.49. The number of imide groups is 1. The van der Waals surface area contributed by atoms with Gasteiger partial charge in [0, 0.05) is 16.8 Å². The molecule has 0 saturated carbocycles. The predicted molar refractivity (Wildman–Crippen MR) is 128 cm³/mol. The van der Waals surface area contributed by atoms with Crippen LogP contribution >= 0.6 is 11.6 Å². The average Bonchev–Trinajstić information content (AvgIpc) is 3.05. The van der Waals surface area contributed by atoms with E-state index in [1.165, 1.54) is 4.90 Å². The molecule has 0 bridgehead atoms. The highest BCUT2D eigenvalue weighted by atomic mass is 35.5. The number of benzene rings is 3. The van der Waals surface area contributed by atoms with Crippen LogP contribution in [0.3, 0.4) is 0 Å². The lowest BCUT2D eigenvalue weighted by molar-refractivity contribution is -0.137. The molecule has 3 aromatic rings. The van der Waals surface area contributed by atoms with E-state index in [4.69, 9.17) is 21.1 Å². The Kier molecular flexibility index (Phi) is 6.66. The van der Waals surface area contributed by atoms with E-state index in [0.717, 1.165) is 0 Å². The third kappa shape index (κ3) is 4.71. The van der Waals surface area contributed by atoms with Crippen LogP contribution in [0.25, 0.3) is 5.57 Å². The van der Waals surface area contributed by atoms with E-state index in [9.17, 15) is 9.59 Å². The summed E-state index contributed by atoms with van der Waals surface area (Å²) in [5, 5.41) is 3.65. The van der Waals surface area contributed by atoms with Gasteiger partial charge in [0.1, 0.15) is 17.2 Å². The maximum atomic E-state index is 13.5. The van der Waals surface area contributed by atoms with Crippen LogP contribution in [-0.4, -0.2) is 30.4 Å². The molecule has 0 radical (unpaired) electrons. The monoisotopic (exact) mass is 462 g/mol. The van der Waals surface area contributed by atoms with E-state index < -0.39 is 11.8 Å². The summed E-state index contributed by atoms with van der Waals surface area (Å²) in [6, 6.07) is 21.4. The van der Waals surface area contributed by atoms with Crippen molar-refractivity contribution in [1.29, 1.82) is 0 Å². The number of methoxy groups -OCH3 is 1. The molecule has 0 spiro atoms. The quantitative estimate of drug-likeness (QED) is 0.469. The predicted octanol–water partition coefficient (Wildman–Crippen LogP) is 5.14. The Morgan fingerprint density at radius 3 is 2.36 bits per heavy atom. The molecule has 0 fully saturated rings. The van der Waals surface area contributed by atoms with Gasteiger partial charge in [-0.1, -0.05) is 48.0 Å². The zero-order valence-electron chi connectivity index (χ0n) is 18.3. The van der Waals surface area contributed by atoms with Crippen LogP contribution in [0.2, 0.25) is 5.02 Å². The van der Waals surface area contributed by atoms with Gasteiger partial charge in [-0.3, -0.25) is 14.5 Å². The van der Waals surface area contributed by atoms with Crippen molar-refractivity contribution >= 4 is 34.7 Å². The van der Waals surface area contributed by atoms with Crippen molar-refractivity contribution in [2.45, 2.75) is 13.5 Å². The van der Waals surface area contributed by atoms with Crippen molar-refractivity contribution in [3.63, 3.8) is 0 Å². The maximum absolute atomic E-state index is 13.5. The normalized spacial score (nSPS) is 13.5. The van der Waals surface area contributed by atoms with Gasteiger partial charge in [0.05, 0.1) is 25.8 Å². The average molecular weight is 463 g/mol. The lowest BCUT2D eigenvalue weighted by Crippen LogP contribution is -2.32. The van der Waals surface area contributed by atoms with Gasteiger partial charge < -0.3 is 14.8 Å². The number of halogens is 1. The van der Waals surface area contributed by atoms with Gasteiger partial charge in [0.15, 0.2) is 0 Å². The highest BCUT2D eigenvalue weighted by Crippen LogP contribution is 2.33. The first-order valence-electron chi connectivity index (χ1n) is 10.5. The fourth-order valence-electron chi connectivity index (χ4n) is 3.63. The zero-order valence-corrected chi connectivity index (χ0v) is 19.1. The molecule has 1 aliphatic rings. The summed E-state index contributed by atoms with van der Waals surface area (Å²) in [4.78, 5) is 28.1. The highest BCUT2D eigenvalue weighted by Gasteiger charge is 2.39. The number of hydrogen-bond donors (Lipinski definition) is 1. The lowest BCUT2D eigenvalue weighted by atomic mass is 10.0. The molecule has 3 aromatic carbocycles. The van der Waals surface area contributed by atoms with Crippen LogP contribution in [0.1, 0.15) is 18.1 Å². The highest BCUT2D eigenvalue weighted by molar-refractivity contribution is 6.36. The molecule has 1 aliphatic heterocycles. The molecule has 168 valence electrons. The second-order valence-corrected chi connectivity index (χ2v) is 7.76. The Hall–Kier alpha value is -3.77. The van der Waals surface area contributed by atoms with Crippen molar-refractivity contribution in [3.8, 4) is 11.5 Å². The molecule has 0 saturated heterocycles. The van der Waals surface area contributed by atoms with Gasteiger partial charge in [-0.15, -0.1) is 0 Å². The minimum atomic E-state index is -0.424. The zero-order chi connectivity index (χ0) is 23.4. The van der Waals surface area contributed by atoms with Crippen LogP contribution in [0.5, 0.6) is 11.5 Å². The minimum Gasteiger partial charge on any atom is -0.497 e. The Morgan fingerprint density at radius 1 is 0.909 bits per heavy atom. The lowest BCUT2D eigenvalue weighted by Gasteiger charge is -2.16. The number of nitrogens with zero attached hydrogens (tertiary/aromatic N) is 1. The Bertz CT molecular complexity index is 1220. The van der Waals surface area contributed by atoms with Crippen molar-refractivity contribution in [3.05, 3.63) is 94.6 Å². The standard InChI is InChI=1S/C26H23ClN2O4/c1-3-33-21-9-6-8-19(15-21)28-24-23(17-11-13-20(32-2)14-12-17)25(30)29(26(24)31)16-18-7-4-5-10-22(18)27/h4-15,28H,3,16H2,1-2H3. The summed E-state index contributed by atoms with van der Waals surface area (Å²) < 4.78 is 10.8. The molecular formula is C26H23ClN2O4. The molecule has 4 rings (SSSR count). The number of rotatable bonds is 8. The number of nitrogens with one attached hydrogen (secondary N) is 1. The fraction of sp³-hybridized carbons (Fsp3) is 0.154. The van der Waals surface area contributed by atoms with Crippen LogP contribution in [-0.2, 0) is 16.1 Å². The molecule has 0 aromatic heterocycles. The maximum Gasteiger partial charge on any atom is 0.278 e. The van der Waals surface area contributed by atoms with E-state index in [2.05, 4.69) is 5.32 Å². The fourth-order valence-corrected chi connectivity index (χ4v) is 3.83. The van der Waals surface area contributed by atoms with Crippen LogP contribution in [0.4, 0.5) is 5.69 Å². The molecular weight excluding hydrogens is 440 g/mol. The summed E-state index contributed by atoms with van der Waals surface area (Å²) in [5.74, 6) is 0.503. The van der Waals surface area contributed by atoms with E-state index in [-0.39, 0.29) is 17.8 Å². The van der Waals surface area contributed by atoms with Gasteiger partial charge in [0.2, 0.25) is 0 Å². The first-order chi connectivity index (χ1) is 16.0. The molecule has 2 amide bonds. The van der Waals surface area contributed by atoms with Gasteiger partial charge >= 0.3 is 0 Å². The third-order valence-electron chi connectivity index (χ3n) is 5.25. The van der Waals surface area contributed by atoms with Crippen LogP contribution < -0.4 is 14.8 Å². The Labute approximate surface area is 197 Å². The van der Waals surface area contributed by atoms with E-state index in [1.54, 1.807) is 55.6 Å². The smallest absolute Gasteiger partial charge is 0.278 e. The first kappa shape index (κ1) is 22.4. The van der Waals surface area contributed by atoms with Gasteiger partial charge in [-0.25, -0.2) is 0 Å². The Balaban J connectivity index is 1.73. The molecule has 0 atom stereocenters. The number of ether oxygens (including phenoxy) is 2. The number of anilines is 1. The number of hydrogen-bond acceptors (Lipinski definition) is 5. The van der Waals surface area contributed by atoms with E-state index in [1.807, 2.05) is 31.2 Å². The molecule has 1 N–H and O–H groups in total. The molecule has 6 nitrogen and oxygen atoms in total. The van der Waals surface area contributed by atoms with Crippen molar-refractivity contribution in [2.75, 3.05) is 19.0 Å². The third-order valence-corrected chi connectivity index (χ3v) is 5.62. The molecule has 33 heavy (non-hydrogen) atoms. The molecule has 0 aliphatic carbocycles. The first-order valence-corrected chi connectivity index (χ1v) is 10.9. The second-order valence-electron chi connectivity index (χ2n) is 7.35. The van der Waals surface area contributed by atoms with Crippen molar-refractivity contribution < 1.29 is 19.1 Å². The number of carbonyl (C=O) groups is 2. The van der Waals surface area contributed by atoms with E-state index >= 15 is 0 Å².